The predicted molar refractivity (Wildman–Crippen MR) is 111 cm³/mol. The summed E-state index contributed by atoms with van der Waals surface area (Å²) in [6.07, 6.45) is 10.2. The maximum atomic E-state index is 14.3. The number of amides is 1. The van der Waals surface area contributed by atoms with Gasteiger partial charge in [-0.1, -0.05) is 12.5 Å². The number of imidazole rings is 1. The fourth-order valence-electron chi connectivity index (χ4n) is 4.61. The zero-order chi connectivity index (χ0) is 18.1. The summed E-state index contributed by atoms with van der Waals surface area (Å²) in [7, 11) is 0. The van der Waals surface area contributed by atoms with Crippen molar-refractivity contribution < 1.29 is 9.18 Å². The third-order valence-corrected chi connectivity index (χ3v) is 6.05. The number of halogens is 3. The van der Waals surface area contributed by atoms with Gasteiger partial charge in [-0.2, -0.15) is 0 Å². The lowest BCUT2D eigenvalue weighted by Gasteiger charge is -2.43. The van der Waals surface area contributed by atoms with E-state index in [0.717, 1.165) is 31.2 Å². The Morgan fingerprint density at radius 1 is 1.25 bits per heavy atom. The van der Waals surface area contributed by atoms with Gasteiger partial charge < -0.3 is 15.6 Å². The second-order valence-corrected chi connectivity index (χ2v) is 7.67. The van der Waals surface area contributed by atoms with Gasteiger partial charge in [-0.05, 0) is 55.2 Å². The summed E-state index contributed by atoms with van der Waals surface area (Å²) in [5, 5.41) is 2.99. The highest BCUT2D eigenvalue weighted by Crippen LogP contribution is 2.41. The van der Waals surface area contributed by atoms with Gasteiger partial charge in [-0.3, -0.25) is 4.79 Å². The monoisotopic (exact) mass is 428 g/mol. The van der Waals surface area contributed by atoms with Crippen LogP contribution in [0, 0.1) is 23.6 Å². The number of hydrogen-bond donors (Lipinski definition) is 2. The molecule has 1 aromatic heterocycles. The molecule has 0 saturated heterocycles. The molecule has 0 spiro atoms. The molecule has 2 atom stereocenters. The minimum Gasteiger partial charge on any atom is -0.352 e. The Balaban J connectivity index is 0.00000140. The van der Waals surface area contributed by atoms with Crippen LogP contribution in [0.25, 0.3) is 5.69 Å². The molecular formula is C20H27Cl2FN4O. The number of nitrogens with one attached hydrogen (secondary N) is 1. The fraction of sp³-hybridized carbons (Fsp3) is 0.500. The predicted octanol–water partition coefficient (Wildman–Crippen LogP) is 3.62. The Hall–Kier alpha value is -1.63. The smallest absolute Gasteiger partial charge is 0.223 e. The largest absolute Gasteiger partial charge is 0.352 e. The van der Waals surface area contributed by atoms with E-state index in [1.807, 2.05) is 6.07 Å². The van der Waals surface area contributed by atoms with Crippen LogP contribution in [-0.2, 0) is 11.3 Å². The van der Waals surface area contributed by atoms with E-state index in [4.69, 9.17) is 5.73 Å². The van der Waals surface area contributed by atoms with E-state index in [2.05, 4.69) is 10.3 Å². The standard InChI is InChI=1S/C20H25FN4O.2ClH/c21-17-8-13(4-5-18(17)25-7-6-23-12-25)11-24-20(26)16-9-14-2-1-3-15(10-16)19(14)22;;/h4-8,12,14-16,19H,1-3,9-11,22H2,(H,24,26);2*1H. The average molecular weight is 429 g/mol. The molecule has 28 heavy (non-hydrogen) atoms. The van der Waals surface area contributed by atoms with Crippen molar-refractivity contribution in [2.24, 2.45) is 23.5 Å². The SMILES string of the molecule is Cl.Cl.NC1C2CCCC1CC(C(=O)NCc1ccc(-n3ccnc3)c(F)c1)C2. The zero-order valence-corrected chi connectivity index (χ0v) is 17.2. The molecule has 4 rings (SSSR count). The van der Waals surface area contributed by atoms with Crippen molar-refractivity contribution in [3.8, 4) is 5.69 Å². The number of aromatic nitrogens is 2. The Labute approximate surface area is 177 Å². The highest BCUT2D eigenvalue weighted by molar-refractivity contribution is 5.85. The molecule has 0 radical (unpaired) electrons. The van der Waals surface area contributed by atoms with Crippen molar-refractivity contribution in [1.29, 1.82) is 0 Å². The number of carbonyl (C=O) groups excluding carboxylic acids is 1. The molecule has 0 aliphatic heterocycles. The Kier molecular flexibility index (Phi) is 7.87. The third kappa shape index (κ3) is 4.67. The molecule has 2 aromatic rings. The summed E-state index contributed by atoms with van der Waals surface area (Å²) < 4.78 is 15.9. The number of benzene rings is 1. The number of carbonyl (C=O) groups is 1. The number of rotatable bonds is 4. The second kappa shape index (κ2) is 9.72. The van der Waals surface area contributed by atoms with Crippen LogP contribution in [0.2, 0.25) is 0 Å². The van der Waals surface area contributed by atoms with Gasteiger partial charge in [-0.15, -0.1) is 24.8 Å². The lowest BCUT2D eigenvalue weighted by Crippen LogP contribution is -2.49. The molecular weight excluding hydrogens is 402 g/mol. The fourth-order valence-corrected chi connectivity index (χ4v) is 4.61. The molecule has 154 valence electrons. The molecule has 2 aliphatic rings. The highest BCUT2D eigenvalue weighted by Gasteiger charge is 2.40. The van der Waals surface area contributed by atoms with E-state index in [-0.39, 0.29) is 48.5 Å². The maximum Gasteiger partial charge on any atom is 0.223 e. The van der Waals surface area contributed by atoms with Crippen LogP contribution in [0.15, 0.2) is 36.9 Å². The summed E-state index contributed by atoms with van der Waals surface area (Å²) >= 11 is 0. The van der Waals surface area contributed by atoms with Crippen molar-refractivity contribution in [2.45, 2.75) is 44.7 Å². The first-order valence-electron chi connectivity index (χ1n) is 9.42. The van der Waals surface area contributed by atoms with E-state index < -0.39 is 0 Å². The van der Waals surface area contributed by atoms with Crippen molar-refractivity contribution in [3.05, 3.63) is 48.3 Å². The Morgan fingerprint density at radius 3 is 2.57 bits per heavy atom. The van der Waals surface area contributed by atoms with Crippen molar-refractivity contribution in [1.82, 2.24) is 14.9 Å². The first-order chi connectivity index (χ1) is 12.6. The lowest BCUT2D eigenvalue weighted by molar-refractivity contribution is -0.128. The molecule has 1 amide bonds. The molecule has 3 N–H and O–H groups in total. The van der Waals surface area contributed by atoms with Crippen LogP contribution >= 0.6 is 24.8 Å². The summed E-state index contributed by atoms with van der Waals surface area (Å²) in [4.78, 5) is 16.5. The van der Waals surface area contributed by atoms with Crippen LogP contribution in [0.4, 0.5) is 4.39 Å². The van der Waals surface area contributed by atoms with Crippen LogP contribution < -0.4 is 11.1 Å². The summed E-state index contributed by atoms with van der Waals surface area (Å²) in [5.74, 6) is 0.747. The molecule has 5 nitrogen and oxygen atoms in total. The molecule has 2 unspecified atom stereocenters. The van der Waals surface area contributed by atoms with Crippen LogP contribution in [0.1, 0.15) is 37.7 Å². The molecule has 8 heteroatoms. The number of hydrogen-bond acceptors (Lipinski definition) is 3. The Morgan fingerprint density at radius 2 is 1.96 bits per heavy atom. The average Bonchev–Trinajstić information content (AvgIpc) is 3.14. The van der Waals surface area contributed by atoms with E-state index in [1.54, 1.807) is 29.4 Å². The van der Waals surface area contributed by atoms with E-state index in [9.17, 15) is 9.18 Å². The van der Waals surface area contributed by atoms with Gasteiger partial charge in [0.1, 0.15) is 5.82 Å². The molecule has 2 fully saturated rings. The summed E-state index contributed by atoms with van der Waals surface area (Å²) in [5.41, 5.74) is 7.51. The van der Waals surface area contributed by atoms with Gasteiger partial charge in [0.25, 0.3) is 0 Å². The molecule has 2 bridgehead atoms. The van der Waals surface area contributed by atoms with E-state index in [1.165, 1.54) is 12.5 Å². The van der Waals surface area contributed by atoms with Crippen molar-refractivity contribution >= 4 is 30.7 Å². The van der Waals surface area contributed by atoms with Crippen LogP contribution in [-0.4, -0.2) is 21.5 Å². The third-order valence-electron chi connectivity index (χ3n) is 6.05. The summed E-state index contributed by atoms with van der Waals surface area (Å²) in [6.45, 7) is 0.345. The molecule has 1 heterocycles. The minimum atomic E-state index is -0.326. The number of nitrogens with zero attached hydrogens (tertiary/aromatic N) is 2. The molecule has 2 saturated carbocycles. The maximum absolute atomic E-state index is 14.3. The van der Waals surface area contributed by atoms with Gasteiger partial charge in [0.15, 0.2) is 0 Å². The van der Waals surface area contributed by atoms with Gasteiger partial charge in [-0.25, -0.2) is 9.37 Å². The highest BCUT2D eigenvalue weighted by atomic mass is 35.5. The topological polar surface area (TPSA) is 72.9 Å². The van der Waals surface area contributed by atoms with Gasteiger partial charge in [0, 0.05) is 30.9 Å². The summed E-state index contributed by atoms with van der Waals surface area (Å²) in [6, 6.07) is 5.28. The number of fused-ring (bicyclic) bond motifs is 2. The van der Waals surface area contributed by atoms with Crippen molar-refractivity contribution in [3.63, 3.8) is 0 Å². The van der Waals surface area contributed by atoms with Gasteiger partial charge in [0.2, 0.25) is 5.91 Å². The van der Waals surface area contributed by atoms with E-state index in [0.29, 0.717) is 24.1 Å². The second-order valence-electron chi connectivity index (χ2n) is 7.67. The number of nitrogens with two attached hydrogens (primary N) is 1. The first kappa shape index (κ1) is 22.7. The Bertz CT molecular complexity index is 773. The quantitative estimate of drug-likeness (QED) is 0.780. The zero-order valence-electron chi connectivity index (χ0n) is 15.6. The lowest BCUT2D eigenvalue weighted by atomic mass is 9.65. The van der Waals surface area contributed by atoms with Crippen LogP contribution in [0.3, 0.4) is 0 Å². The normalized spacial score (nSPS) is 25.9. The first-order valence-corrected chi connectivity index (χ1v) is 9.42. The van der Waals surface area contributed by atoms with E-state index >= 15 is 0 Å². The van der Waals surface area contributed by atoms with Crippen LogP contribution in [0.5, 0.6) is 0 Å². The molecule has 2 aliphatic carbocycles. The minimum absolute atomic E-state index is 0. The van der Waals surface area contributed by atoms with Crippen molar-refractivity contribution in [2.75, 3.05) is 0 Å². The van der Waals surface area contributed by atoms with Gasteiger partial charge in [0.05, 0.1) is 12.0 Å². The molecule has 1 aromatic carbocycles. The van der Waals surface area contributed by atoms with Gasteiger partial charge >= 0.3 is 0 Å².